The van der Waals surface area contributed by atoms with Gasteiger partial charge in [0.15, 0.2) is 11.5 Å². The monoisotopic (exact) mass is 292 g/mol. The third kappa shape index (κ3) is 3.26. The van der Waals surface area contributed by atoms with E-state index in [-0.39, 0.29) is 18.4 Å². The molecule has 6 nitrogen and oxygen atoms in total. The molecule has 1 unspecified atom stereocenters. The van der Waals surface area contributed by atoms with E-state index in [0.29, 0.717) is 30.4 Å². The third-order valence-corrected chi connectivity index (χ3v) is 3.15. The lowest BCUT2D eigenvalue weighted by molar-refractivity contribution is -0.130. The van der Waals surface area contributed by atoms with E-state index in [4.69, 9.17) is 9.47 Å². The minimum absolute atomic E-state index is 0.0166. The van der Waals surface area contributed by atoms with Crippen LogP contribution in [-0.4, -0.2) is 37.6 Å². The van der Waals surface area contributed by atoms with Gasteiger partial charge in [-0.05, 0) is 32.9 Å². The van der Waals surface area contributed by atoms with Gasteiger partial charge < -0.3 is 19.7 Å². The summed E-state index contributed by atoms with van der Waals surface area (Å²) in [6.07, 6.45) is 0. The van der Waals surface area contributed by atoms with Crippen molar-refractivity contribution in [3.8, 4) is 11.5 Å². The van der Waals surface area contributed by atoms with E-state index in [1.165, 1.54) is 4.90 Å². The number of rotatable bonds is 5. The summed E-state index contributed by atoms with van der Waals surface area (Å²) in [6.45, 7) is 6.48. The fraction of sp³-hybridized carbons (Fsp3) is 0.467. The summed E-state index contributed by atoms with van der Waals surface area (Å²) in [7, 11) is 0. The minimum Gasteiger partial charge on any atom is -0.490 e. The number of carbonyl (C=O) groups is 2. The molecule has 1 aliphatic rings. The second-order valence-corrected chi connectivity index (χ2v) is 4.71. The first-order valence-corrected chi connectivity index (χ1v) is 7.07. The number of nitrogens with one attached hydrogen (secondary N) is 1. The lowest BCUT2D eigenvalue weighted by Crippen LogP contribution is -2.57. The van der Waals surface area contributed by atoms with Gasteiger partial charge >= 0.3 is 0 Å². The van der Waals surface area contributed by atoms with Crippen molar-refractivity contribution in [2.75, 3.05) is 24.7 Å². The van der Waals surface area contributed by atoms with E-state index >= 15 is 0 Å². The van der Waals surface area contributed by atoms with Crippen molar-refractivity contribution in [2.24, 2.45) is 0 Å². The standard InChI is InChI=1S/C15H20N2O4/c1-4-20-12-7-6-11(8-13(12)21-5-2)17-9-14(18)16-10(3)15(17)19/h6-8,10H,4-5,9H2,1-3H3,(H,16,18). The molecular weight excluding hydrogens is 272 g/mol. The highest BCUT2D eigenvalue weighted by atomic mass is 16.5. The Kier molecular flexibility index (Phi) is 4.67. The van der Waals surface area contributed by atoms with Crippen molar-refractivity contribution < 1.29 is 19.1 Å². The Bertz CT molecular complexity index is 544. The number of anilines is 1. The van der Waals surface area contributed by atoms with Crippen LogP contribution in [0.5, 0.6) is 11.5 Å². The number of nitrogens with zero attached hydrogens (tertiary/aromatic N) is 1. The van der Waals surface area contributed by atoms with Crippen LogP contribution in [0.15, 0.2) is 18.2 Å². The maximum atomic E-state index is 12.2. The molecule has 1 N–H and O–H groups in total. The van der Waals surface area contributed by atoms with Crippen LogP contribution in [0.1, 0.15) is 20.8 Å². The number of ether oxygens (including phenoxy) is 2. The number of hydrogen-bond acceptors (Lipinski definition) is 4. The van der Waals surface area contributed by atoms with Crippen molar-refractivity contribution in [1.29, 1.82) is 0 Å². The highest BCUT2D eigenvalue weighted by Gasteiger charge is 2.30. The normalized spacial score (nSPS) is 18.4. The summed E-state index contributed by atoms with van der Waals surface area (Å²) >= 11 is 0. The lowest BCUT2D eigenvalue weighted by atomic mass is 10.1. The van der Waals surface area contributed by atoms with Crippen LogP contribution in [0.2, 0.25) is 0 Å². The molecule has 1 aliphatic heterocycles. The summed E-state index contributed by atoms with van der Waals surface area (Å²) in [5, 5.41) is 2.61. The zero-order valence-corrected chi connectivity index (χ0v) is 12.5. The minimum atomic E-state index is -0.520. The van der Waals surface area contributed by atoms with Gasteiger partial charge in [0.1, 0.15) is 12.6 Å². The molecule has 1 aromatic carbocycles. The van der Waals surface area contributed by atoms with Gasteiger partial charge in [-0.1, -0.05) is 0 Å². The van der Waals surface area contributed by atoms with Crippen LogP contribution < -0.4 is 19.7 Å². The molecular formula is C15H20N2O4. The van der Waals surface area contributed by atoms with E-state index in [9.17, 15) is 9.59 Å². The Morgan fingerprint density at radius 3 is 2.52 bits per heavy atom. The zero-order chi connectivity index (χ0) is 15.4. The first kappa shape index (κ1) is 15.2. The highest BCUT2D eigenvalue weighted by molar-refractivity contribution is 6.06. The summed E-state index contributed by atoms with van der Waals surface area (Å²) < 4.78 is 11.0. The van der Waals surface area contributed by atoms with E-state index in [1.807, 2.05) is 13.8 Å². The highest BCUT2D eigenvalue weighted by Crippen LogP contribution is 2.32. The van der Waals surface area contributed by atoms with Crippen molar-refractivity contribution in [2.45, 2.75) is 26.8 Å². The van der Waals surface area contributed by atoms with Crippen molar-refractivity contribution in [3.63, 3.8) is 0 Å². The molecule has 1 heterocycles. The third-order valence-electron chi connectivity index (χ3n) is 3.15. The number of benzene rings is 1. The number of hydrogen-bond donors (Lipinski definition) is 1. The average molecular weight is 292 g/mol. The topological polar surface area (TPSA) is 67.9 Å². The zero-order valence-electron chi connectivity index (χ0n) is 12.5. The van der Waals surface area contributed by atoms with Gasteiger partial charge in [-0.2, -0.15) is 0 Å². The lowest BCUT2D eigenvalue weighted by Gasteiger charge is -2.31. The first-order chi connectivity index (χ1) is 10.1. The Balaban J connectivity index is 2.32. The second kappa shape index (κ2) is 6.47. The van der Waals surface area contributed by atoms with Crippen molar-refractivity contribution in [3.05, 3.63) is 18.2 Å². The summed E-state index contributed by atoms with van der Waals surface area (Å²) in [5.41, 5.74) is 0.633. The predicted octanol–water partition coefficient (Wildman–Crippen LogP) is 1.34. The molecule has 0 saturated carbocycles. The number of piperazine rings is 1. The molecule has 0 spiro atoms. The molecule has 6 heteroatoms. The Hall–Kier alpha value is -2.24. The van der Waals surface area contributed by atoms with E-state index in [2.05, 4.69) is 5.32 Å². The van der Waals surface area contributed by atoms with Crippen LogP contribution in [0, 0.1) is 0 Å². The molecule has 21 heavy (non-hydrogen) atoms. The van der Waals surface area contributed by atoms with Gasteiger partial charge in [-0.25, -0.2) is 0 Å². The molecule has 1 aromatic rings. The molecule has 0 radical (unpaired) electrons. The summed E-state index contributed by atoms with van der Waals surface area (Å²) in [5.74, 6) is 0.892. The molecule has 114 valence electrons. The van der Waals surface area contributed by atoms with E-state index in [1.54, 1.807) is 25.1 Å². The molecule has 2 amide bonds. The SMILES string of the molecule is CCOc1ccc(N2CC(=O)NC(C)C2=O)cc1OCC. The van der Waals surface area contributed by atoms with Gasteiger partial charge in [-0.15, -0.1) is 0 Å². The summed E-state index contributed by atoms with van der Waals surface area (Å²) in [4.78, 5) is 25.3. The molecule has 1 saturated heterocycles. The van der Waals surface area contributed by atoms with Crippen molar-refractivity contribution >= 4 is 17.5 Å². The summed E-state index contributed by atoms with van der Waals surface area (Å²) in [6, 6.07) is 4.73. The number of carbonyl (C=O) groups excluding carboxylic acids is 2. The van der Waals surface area contributed by atoms with Crippen LogP contribution in [0.25, 0.3) is 0 Å². The Morgan fingerprint density at radius 2 is 1.86 bits per heavy atom. The van der Waals surface area contributed by atoms with Crippen LogP contribution in [-0.2, 0) is 9.59 Å². The van der Waals surface area contributed by atoms with Gasteiger partial charge in [0.05, 0.1) is 13.2 Å². The molecule has 2 rings (SSSR count). The van der Waals surface area contributed by atoms with Crippen LogP contribution in [0.3, 0.4) is 0 Å². The van der Waals surface area contributed by atoms with Gasteiger partial charge in [-0.3, -0.25) is 9.59 Å². The maximum Gasteiger partial charge on any atom is 0.249 e. The Labute approximate surface area is 124 Å². The maximum absolute atomic E-state index is 12.2. The molecule has 0 aliphatic carbocycles. The molecule has 0 aromatic heterocycles. The Morgan fingerprint density at radius 1 is 1.19 bits per heavy atom. The van der Waals surface area contributed by atoms with E-state index in [0.717, 1.165) is 0 Å². The van der Waals surface area contributed by atoms with E-state index < -0.39 is 6.04 Å². The predicted molar refractivity (Wildman–Crippen MR) is 78.7 cm³/mol. The molecule has 1 fully saturated rings. The quantitative estimate of drug-likeness (QED) is 0.889. The van der Waals surface area contributed by atoms with Gasteiger partial charge in [0, 0.05) is 11.8 Å². The molecule has 1 atom stereocenters. The van der Waals surface area contributed by atoms with Crippen molar-refractivity contribution in [1.82, 2.24) is 5.32 Å². The smallest absolute Gasteiger partial charge is 0.249 e. The first-order valence-electron chi connectivity index (χ1n) is 7.07. The largest absolute Gasteiger partial charge is 0.490 e. The fourth-order valence-electron chi connectivity index (χ4n) is 2.23. The molecule has 0 bridgehead atoms. The van der Waals surface area contributed by atoms with Gasteiger partial charge in [0.25, 0.3) is 0 Å². The van der Waals surface area contributed by atoms with Crippen LogP contribution in [0.4, 0.5) is 5.69 Å². The second-order valence-electron chi connectivity index (χ2n) is 4.71. The van der Waals surface area contributed by atoms with Crippen LogP contribution >= 0.6 is 0 Å². The average Bonchev–Trinajstić information content (AvgIpc) is 2.45. The number of amides is 2. The fourth-order valence-corrected chi connectivity index (χ4v) is 2.23. The van der Waals surface area contributed by atoms with Gasteiger partial charge in [0.2, 0.25) is 11.8 Å².